The van der Waals surface area contributed by atoms with Crippen molar-refractivity contribution in [2.24, 2.45) is 0 Å². The maximum atomic E-state index is 12.7. The molecule has 0 unspecified atom stereocenters. The number of aromatic nitrogens is 2. The summed E-state index contributed by atoms with van der Waals surface area (Å²) in [7, 11) is -3.76. The molecule has 4 rings (SSSR count). The molecule has 2 N–H and O–H groups in total. The Bertz CT molecular complexity index is 1450. The van der Waals surface area contributed by atoms with Gasteiger partial charge in [0.05, 0.1) is 10.6 Å². The van der Waals surface area contributed by atoms with E-state index in [0.717, 1.165) is 16.7 Å². The van der Waals surface area contributed by atoms with Crippen molar-refractivity contribution < 1.29 is 17.7 Å². The van der Waals surface area contributed by atoms with Gasteiger partial charge in [0.25, 0.3) is 10.0 Å². The molecule has 180 valence electrons. The van der Waals surface area contributed by atoms with Crippen molar-refractivity contribution in [1.82, 2.24) is 10.1 Å². The van der Waals surface area contributed by atoms with Gasteiger partial charge in [-0.05, 0) is 74.0 Å². The average Bonchev–Trinajstić information content (AvgIpc) is 3.29. The number of hydrogen-bond acceptors (Lipinski definition) is 6. The van der Waals surface area contributed by atoms with Gasteiger partial charge in [0, 0.05) is 29.1 Å². The molecule has 1 aromatic heterocycles. The number of aryl methyl sites for hydroxylation is 3. The van der Waals surface area contributed by atoms with E-state index in [-0.39, 0.29) is 23.6 Å². The van der Waals surface area contributed by atoms with Crippen molar-refractivity contribution in [3.8, 4) is 11.4 Å². The van der Waals surface area contributed by atoms with Crippen molar-refractivity contribution in [3.63, 3.8) is 0 Å². The lowest BCUT2D eigenvalue weighted by atomic mass is 10.1. The maximum Gasteiger partial charge on any atom is 0.261 e. The number of amides is 1. The summed E-state index contributed by atoms with van der Waals surface area (Å²) in [6.45, 7) is 3.79. The van der Waals surface area contributed by atoms with E-state index in [1.165, 1.54) is 12.1 Å². The quantitative estimate of drug-likeness (QED) is 0.329. The Hall–Kier alpha value is -3.69. The minimum absolute atomic E-state index is 0.0936. The van der Waals surface area contributed by atoms with Crippen molar-refractivity contribution in [2.45, 2.75) is 31.6 Å². The molecule has 4 aromatic rings. The summed E-state index contributed by atoms with van der Waals surface area (Å²) >= 11 is 5.89. The Morgan fingerprint density at radius 3 is 2.40 bits per heavy atom. The topological polar surface area (TPSA) is 114 Å². The number of nitrogens with one attached hydrogen (secondary N) is 2. The molecule has 0 aliphatic heterocycles. The second-order valence-corrected chi connectivity index (χ2v) is 10.1. The summed E-state index contributed by atoms with van der Waals surface area (Å²) in [5.74, 6) is 0.493. The van der Waals surface area contributed by atoms with E-state index in [4.69, 9.17) is 16.1 Å². The van der Waals surface area contributed by atoms with Crippen molar-refractivity contribution in [2.75, 3.05) is 10.0 Å². The van der Waals surface area contributed by atoms with Crippen molar-refractivity contribution in [3.05, 3.63) is 88.8 Å². The maximum absolute atomic E-state index is 12.7. The third-order valence-electron chi connectivity index (χ3n) is 5.21. The van der Waals surface area contributed by atoms with Crippen LogP contribution in [0.5, 0.6) is 0 Å². The van der Waals surface area contributed by atoms with Gasteiger partial charge in [-0.1, -0.05) is 34.5 Å². The molecule has 1 heterocycles. The lowest BCUT2D eigenvalue weighted by molar-refractivity contribution is -0.116. The molecule has 3 aromatic carbocycles. The summed E-state index contributed by atoms with van der Waals surface area (Å²) in [5, 5.41) is 7.28. The van der Waals surface area contributed by atoms with Crippen LogP contribution in [-0.2, 0) is 21.2 Å². The molecule has 0 aliphatic rings. The molecule has 0 spiro atoms. The van der Waals surface area contributed by atoms with Gasteiger partial charge < -0.3 is 9.84 Å². The van der Waals surface area contributed by atoms with E-state index in [1.807, 2.05) is 26.0 Å². The van der Waals surface area contributed by atoms with Gasteiger partial charge in [-0.15, -0.1) is 0 Å². The van der Waals surface area contributed by atoms with E-state index in [0.29, 0.717) is 28.1 Å². The molecular formula is C25H23ClN4O4S. The SMILES string of the molecule is Cc1ccc(NS(=O)(=O)c2ccc(NC(=O)CCc3nc(-c4ccc(Cl)cc4)no3)cc2)c(C)c1. The number of halogens is 1. The van der Waals surface area contributed by atoms with Crippen LogP contribution in [0.25, 0.3) is 11.4 Å². The van der Waals surface area contributed by atoms with Crippen LogP contribution in [0.4, 0.5) is 11.4 Å². The average molecular weight is 511 g/mol. The molecule has 8 nitrogen and oxygen atoms in total. The second-order valence-electron chi connectivity index (χ2n) is 8.02. The summed E-state index contributed by atoms with van der Waals surface area (Å²) < 4.78 is 33.3. The molecule has 0 fully saturated rings. The smallest absolute Gasteiger partial charge is 0.261 e. The molecule has 0 radical (unpaired) electrons. The highest BCUT2D eigenvalue weighted by Gasteiger charge is 2.16. The number of anilines is 2. The number of hydrogen-bond donors (Lipinski definition) is 2. The lowest BCUT2D eigenvalue weighted by Crippen LogP contribution is -2.15. The summed E-state index contributed by atoms with van der Waals surface area (Å²) in [6.07, 6.45) is 0.384. The predicted octanol–water partition coefficient (Wildman–Crippen LogP) is 5.38. The van der Waals surface area contributed by atoms with E-state index < -0.39 is 10.0 Å². The number of sulfonamides is 1. The molecule has 0 saturated heterocycles. The van der Waals surface area contributed by atoms with Gasteiger partial charge in [0.15, 0.2) is 0 Å². The van der Waals surface area contributed by atoms with E-state index >= 15 is 0 Å². The van der Waals surface area contributed by atoms with E-state index in [9.17, 15) is 13.2 Å². The molecule has 35 heavy (non-hydrogen) atoms. The minimum Gasteiger partial charge on any atom is -0.339 e. The number of nitrogens with zero attached hydrogens (tertiary/aromatic N) is 2. The normalized spacial score (nSPS) is 11.3. The fraction of sp³-hybridized carbons (Fsp3) is 0.160. The van der Waals surface area contributed by atoms with Gasteiger partial charge in [0.1, 0.15) is 0 Å². The monoisotopic (exact) mass is 510 g/mol. The molecule has 1 amide bonds. The first-order chi connectivity index (χ1) is 16.7. The Labute approximate surface area is 208 Å². The standard InChI is InChI=1S/C25H23ClN4O4S/c1-16-3-12-22(17(2)15-16)30-35(32,33)21-10-8-20(9-11-21)27-23(31)13-14-24-28-25(29-34-24)18-4-6-19(26)7-5-18/h3-12,15,30H,13-14H2,1-2H3,(H,27,31). The van der Waals surface area contributed by atoms with Crippen LogP contribution < -0.4 is 10.0 Å². The lowest BCUT2D eigenvalue weighted by Gasteiger charge is -2.12. The second kappa shape index (κ2) is 10.3. The fourth-order valence-electron chi connectivity index (χ4n) is 3.37. The fourth-order valence-corrected chi connectivity index (χ4v) is 4.62. The molecule has 10 heteroatoms. The van der Waals surface area contributed by atoms with Crippen LogP contribution in [0.1, 0.15) is 23.4 Å². The van der Waals surface area contributed by atoms with Crippen molar-refractivity contribution in [1.29, 1.82) is 0 Å². The highest BCUT2D eigenvalue weighted by Crippen LogP contribution is 2.22. The summed E-state index contributed by atoms with van der Waals surface area (Å²) in [6, 6.07) is 18.5. The first-order valence-electron chi connectivity index (χ1n) is 10.8. The Morgan fingerprint density at radius 2 is 1.71 bits per heavy atom. The highest BCUT2D eigenvalue weighted by molar-refractivity contribution is 7.92. The Balaban J connectivity index is 1.33. The Morgan fingerprint density at radius 1 is 1.00 bits per heavy atom. The van der Waals surface area contributed by atoms with Gasteiger partial charge in [0.2, 0.25) is 17.6 Å². The molecular weight excluding hydrogens is 488 g/mol. The molecule has 0 aliphatic carbocycles. The Kier molecular flexibility index (Phi) is 7.18. The predicted molar refractivity (Wildman–Crippen MR) is 135 cm³/mol. The van der Waals surface area contributed by atoms with Crippen LogP contribution in [0.15, 0.2) is 76.1 Å². The minimum atomic E-state index is -3.76. The number of carbonyl (C=O) groups excluding carboxylic acids is 1. The van der Waals surface area contributed by atoms with E-state index in [1.54, 1.807) is 42.5 Å². The summed E-state index contributed by atoms with van der Waals surface area (Å²) in [5.41, 5.74) is 3.64. The zero-order valence-electron chi connectivity index (χ0n) is 19.1. The first kappa shape index (κ1) is 24.4. The zero-order chi connectivity index (χ0) is 25.0. The van der Waals surface area contributed by atoms with Gasteiger partial charge in [-0.25, -0.2) is 8.42 Å². The third-order valence-corrected chi connectivity index (χ3v) is 6.84. The molecule has 0 saturated carbocycles. The molecule has 0 atom stereocenters. The highest BCUT2D eigenvalue weighted by atomic mass is 35.5. The zero-order valence-corrected chi connectivity index (χ0v) is 20.7. The van der Waals surface area contributed by atoms with Crippen LogP contribution in [0, 0.1) is 13.8 Å². The van der Waals surface area contributed by atoms with Gasteiger partial charge in [-0.3, -0.25) is 9.52 Å². The molecule has 0 bridgehead atoms. The summed E-state index contributed by atoms with van der Waals surface area (Å²) in [4.78, 5) is 16.7. The first-order valence-corrected chi connectivity index (χ1v) is 12.6. The van der Waals surface area contributed by atoms with Crippen LogP contribution in [0.3, 0.4) is 0 Å². The van der Waals surface area contributed by atoms with Gasteiger partial charge >= 0.3 is 0 Å². The number of rotatable bonds is 8. The number of carbonyl (C=O) groups is 1. The van der Waals surface area contributed by atoms with Gasteiger partial charge in [-0.2, -0.15) is 4.98 Å². The third kappa shape index (κ3) is 6.26. The van der Waals surface area contributed by atoms with Crippen LogP contribution >= 0.6 is 11.6 Å². The van der Waals surface area contributed by atoms with Crippen LogP contribution in [0.2, 0.25) is 5.02 Å². The largest absolute Gasteiger partial charge is 0.339 e. The van der Waals surface area contributed by atoms with Crippen LogP contribution in [-0.4, -0.2) is 24.5 Å². The van der Waals surface area contributed by atoms with Crippen molar-refractivity contribution >= 4 is 38.9 Å². The number of benzene rings is 3. The van der Waals surface area contributed by atoms with E-state index in [2.05, 4.69) is 20.2 Å².